The van der Waals surface area contributed by atoms with Gasteiger partial charge in [0, 0.05) is 49.9 Å². The summed E-state index contributed by atoms with van der Waals surface area (Å²) in [5, 5.41) is 13.6. The minimum atomic E-state index is 0.579. The summed E-state index contributed by atoms with van der Waals surface area (Å²) in [5.74, 6) is 1.81. The monoisotopic (exact) mass is 840 g/mol. The molecule has 0 radical (unpaired) electrons. The zero-order chi connectivity index (χ0) is 43.3. The number of fused-ring (bicyclic) bond motifs is 10. The van der Waals surface area contributed by atoms with E-state index in [2.05, 4.69) is 217 Å². The van der Waals surface area contributed by atoms with Gasteiger partial charge < -0.3 is 8.98 Å². The van der Waals surface area contributed by atoms with Crippen molar-refractivity contribution in [3.05, 3.63) is 218 Å². The standard InChI is InChI=1S/C61H36N4O/c1-2-15-39(16-3-1)49-35-52-57(36-55(49)65-53-33-42-21-6-4-19-40(42)31-50(53)51-32-41-20-5-7-22-43(41)34-54(51)65)66-56-30-14-29-48(58(52)56)61-63-59(46-27-12-23-37-17-8-10-25-44(37)46)62-60(64-61)47-28-13-24-38-18-9-11-26-45(38)47/h1-36H. The van der Waals surface area contributed by atoms with Crippen molar-refractivity contribution in [1.29, 1.82) is 0 Å². The SMILES string of the molecule is c1ccc(-c2cc3c(cc2-n2c4cc5ccccc5cc4c4cc5ccccc5cc42)oc2cccc(-c4nc(-c5cccc6ccccc56)nc(-c5cccc6ccccc56)n4)c23)cc1. The van der Waals surface area contributed by atoms with Gasteiger partial charge in [-0.2, -0.15) is 0 Å². The summed E-state index contributed by atoms with van der Waals surface area (Å²) in [7, 11) is 0. The van der Waals surface area contributed by atoms with Crippen molar-refractivity contribution in [2.75, 3.05) is 0 Å². The second-order valence-electron chi connectivity index (χ2n) is 17.1. The van der Waals surface area contributed by atoms with E-state index in [0.29, 0.717) is 17.5 Å². The number of benzene rings is 11. The van der Waals surface area contributed by atoms with Crippen molar-refractivity contribution < 1.29 is 4.42 Å². The van der Waals surface area contributed by atoms with Gasteiger partial charge in [0.15, 0.2) is 17.5 Å². The molecule has 0 saturated heterocycles. The molecule has 306 valence electrons. The van der Waals surface area contributed by atoms with Crippen LogP contribution in [-0.2, 0) is 0 Å². The van der Waals surface area contributed by atoms with Gasteiger partial charge in [-0.1, -0.05) is 176 Å². The van der Waals surface area contributed by atoms with Gasteiger partial charge in [0.2, 0.25) is 0 Å². The van der Waals surface area contributed by atoms with Crippen LogP contribution in [0.2, 0.25) is 0 Å². The van der Waals surface area contributed by atoms with Crippen molar-refractivity contribution in [1.82, 2.24) is 19.5 Å². The number of hydrogen-bond donors (Lipinski definition) is 0. The Kier molecular flexibility index (Phi) is 7.91. The summed E-state index contributed by atoms with van der Waals surface area (Å²) < 4.78 is 9.41. The van der Waals surface area contributed by atoms with Crippen molar-refractivity contribution >= 4 is 86.8 Å². The molecule has 0 bridgehead atoms. The lowest BCUT2D eigenvalue weighted by Gasteiger charge is -2.15. The Labute approximate surface area is 378 Å². The lowest BCUT2D eigenvalue weighted by atomic mass is 9.98. The smallest absolute Gasteiger partial charge is 0.164 e. The molecule has 14 aromatic rings. The van der Waals surface area contributed by atoms with Crippen molar-refractivity contribution in [2.45, 2.75) is 0 Å². The molecule has 3 aromatic heterocycles. The van der Waals surface area contributed by atoms with Gasteiger partial charge in [0.05, 0.1) is 16.7 Å². The van der Waals surface area contributed by atoms with Crippen LogP contribution in [0.5, 0.6) is 0 Å². The van der Waals surface area contributed by atoms with Crippen molar-refractivity contribution in [2.24, 2.45) is 0 Å². The summed E-state index contributed by atoms with van der Waals surface area (Å²) in [5.41, 5.74) is 9.82. The van der Waals surface area contributed by atoms with Crippen LogP contribution < -0.4 is 0 Å². The van der Waals surface area contributed by atoms with Gasteiger partial charge in [-0.3, -0.25) is 0 Å². The molecule has 0 N–H and O–H groups in total. The predicted octanol–water partition coefficient (Wildman–Crippen LogP) is 16.1. The van der Waals surface area contributed by atoms with E-state index < -0.39 is 0 Å². The Morgan fingerprint density at radius 3 is 1.33 bits per heavy atom. The van der Waals surface area contributed by atoms with E-state index in [0.717, 1.165) is 88.0 Å². The van der Waals surface area contributed by atoms with E-state index in [1.54, 1.807) is 0 Å². The van der Waals surface area contributed by atoms with Crippen LogP contribution in [0, 0.1) is 0 Å². The summed E-state index contributed by atoms with van der Waals surface area (Å²) in [6, 6.07) is 77.6. The molecule has 0 amide bonds. The quantitative estimate of drug-likeness (QED) is 0.173. The van der Waals surface area contributed by atoms with Crippen molar-refractivity contribution in [3.8, 4) is 51.0 Å². The molecule has 0 aliphatic heterocycles. The molecule has 0 fully saturated rings. The normalized spacial score (nSPS) is 11.9. The second-order valence-corrected chi connectivity index (χ2v) is 17.1. The molecular weight excluding hydrogens is 805 g/mol. The van der Waals surface area contributed by atoms with Crippen LogP contribution in [0.4, 0.5) is 0 Å². The Bertz CT molecular complexity index is 4100. The largest absolute Gasteiger partial charge is 0.456 e. The molecule has 0 unspecified atom stereocenters. The highest BCUT2D eigenvalue weighted by molar-refractivity contribution is 6.18. The molecule has 0 spiro atoms. The van der Waals surface area contributed by atoms with E-state index >= 15 is 0 Å². The highest BCUT2D eigenvalue weighted by atomic mass is 16.3. The van der Waals surface area contributed by atoms with Crippen LogP contribution in [0.3, 0.4) is 0 Å². The third-order valence-corrected chi connectivity index (χ3v) is 13.4. The van der Waals surface area contributed by atoms with Gasteiger partial charge in [0.25, 0.3) is 0 Å². The number of nitrogens with zero attached hydrogens (tertiary/aromatic N) is 4. The highest BCUT2D eigenvalue weighted by Gasteiger charge is 2.23. The van der Waals surface area contributed by atoms with Crippen LogP contribution >= 0.6 is 0 Å². The molecule has 5 heteroatoms. The molecule has 14 rings (SSSR count). The zero-order valence-electron chi connectivity index (χ0n) is 35.5. The molecule has 66 heavy (non-hydrogen) atoms. The number of hydrogen-bond acceptors (Lipinski definition) is 4. The Morgan fingerprint density at radius 2 is 0.758 bits per heavy atom. The highest BCUT2D eigenvalue weighted by Crippen LogP contribution is 2.44. The number of aromatic nitrogens is 4. The molecule has 11 aromatic carbocycles. The summed E-state index contributed by atoms with van der Waals surface area (Å²) in [6.07, 6.45) is 0. The van der Waals surface area contributed by atoms with Crippen molar-refractivity contribution in [3.63, 3.8) is 0 Å². The fourth-order valence-electron chi connectivity index (χ4n) is 10.3. The first kappa shape index (κ1) is 36.5. The Balaban J connectivity index is 1.06. The van der Waals surface area contributed by atoms with Crippen LogP contribution in [0.25, 0.3) is 138 Å². The summed E-state index contributed by atoms with van der Waals surface area (Å²) >= 11 is 0. The molecule has 0 aliphatic rings. The van der Waals surface area contributed by atoms with Gasteiger partial charge in [-0.05, 0) is 85.1 Å². The topological polar surface area (TPSA) is 56.7 Å². The minimum Gasteiger partial charge on any atom is -0.456 e. The summed E-state index contributed by atoms with van der Waals surface area (Å²) in [4.78, 5) is 16.0. The predicted molar refractivity (Wildman–Crippen MR) is 273 cm³/mol. The fourth-order valence-corrected chi connectivity index (χ4v) is 10.3. The first-order valence-corrected chi connectivity index (χ1v) is 22.3. The van der Waals surface area contributed by atoms with E-state index in [1.165, 1.54) is 32.3 Å². The number of rotatable bonds is 5. The average molecular weight is 841 g/mol. The fraction of sp³-hybridized carbons (Fsp3) is 0. The Hall–Kier alpha value is -8.93. The second kappa shape index (κ2) is 14.3. The maximum atomic E-state index is 6.97. The maximum absolute atomic E-state index is 6.97. The lowest BCUT2D eigenvalue weighted by molar-refractivity contribution is 0.668. The summed E-state index contributed by atoms with van der Waals surface area (Å²) in [6.45, 7) is 0. The first-order chi connectivity index (χ1) is 32.7. The average Bonchev–Trinajstić information content (AvgIpc) is 3.90. The molecule has 0 atom stereocenters. The molecule has 5 nitrogen and oxygen atoms in total. The molecule has 0 saturated carbocycles. The van der Waals surface area contributed by atoms with Gasteiger partial charge in [-0.25, -0.2) is 15.0 Å². The zero-order valence-corrected chi connectivity index (χ0v) is 35.5. The third kappa shape index (κ3) is 5.63. The maximum Gasteiger partial charge on any atom is 0.164 e. The molecule has 0 aliphatic carbocycles. The van der Waals surface area contributed by atoms with Crippen LogP contribution in [0.1, 0.15) is 0 Å². The lowest BCUT2D eigenvalue weighted by Crippen LogP contribution is -2.01. The van der Waals surface area contributed by atoms with E-state index in [1.807, 2.05) is 6.07 Å². The molecule has 3 heterocycles. The van der Waals surface area contributed by atoms with E-state index in [9.17, 15) is 0 Å². The van der Waals surface area contributed by atoms with Crippen LogP contribution in [-0.4, -0.2) is 19.5 Å². The minimum absolute atomic E-state index is 0.579. The third-order valence-electron chi connectivity index (χ3n) is 13.4. The van der Waals surface area contributed by atoms with Gasteiger partial charge in [0.1, 0.15) is 11.2 Å². The first-order valence-electron chi connectivity index (χ1n) is 22.3. The van der Waals surface area contributed by atoms with Gasteiger partial charge >= 0.3 is 0 Å². The van der Waals surface area contributed by atoms with Gasteiger partial charge in [-0.15, -0.1) is 0 Å². The van der Waals surface area contributed by atoms with E-state index in [-0.39, 0.29) is 0 Å². The van der Waals surface area contributed by atoms with Crippen LogP contribution in [0.15, 0.2) is 223 Å². The Morgan fingerprint density at radius 1 is 0.303 bits per heavy atom. The number of furan rings is 1. The molecular formula is C61H36N4O. The van der Waals surface area contributed by atoms with E-state index in [4.69, 9.17) is 19.4 Å².